The van der Waals surface area contributed by atoms with Crippen molar-refractivity contribution in [3.05, 3.63) is 28.3 Å². The normalized spacial score (nSPS) is 12.4. The van der Waals surface area contributed by atoms with E-state index in [0.29, 0.717) is 0 Å². The van der Waals surface area contributed by atoms with Crippen LogP contribution in [-0.2, 0) is 10.0 Å². The number of nitrogens with two attached hydrogens (primary N) is 1. The summed E-state index contributed by atoms with van der Waals surface area (Å²) in [5.41, 5.74) is 4.23. The zero-order valence-corrected chi connectivity index (χ0v) is 11.1. The van der Waals surface area contributed by atoms with Gasteiger partial charge in [-0.15, -0.1) is 0 Å². The molecule has 0 atom stereocenters. The van der Waals surface area contributed by atoms with Gasteiger partial charge < -0.3 is 5.73 Å². The van der Waals surface area contributed by atoms with Crippen LogP contribution in [0.5, 0.6) is 0 Å². The quantitative estimate of drug-likeness (QED) is 0.488. The van der Waals surface area contributed by atoms with Gasteiger partial charge in [0.2, 0.25) is 10.0 Å². The zero-order valence-electron chi connectivity index (χ0n) is 10.3. The molecule has 100 valence electrons. The van der Waals surface area contributed by atoms with Gasteiger partial charge >= 0.3 is 0 Å². The highest BCUT2D eigenvalue weighted by Gasteiger charge is 2.24. The monoisotopic (exact) mass is 273 g/mol. The van der Waals surface area contributed by atoms with Crippen LogP contribution < -0.4 is 10.5 Å². The van der Waals surface area contributed by atoms with Gasteiger partial charge in [0.25, 0.3) is 5.69 Å². The van der Waals surface area contributed by atoms with Crippen molar-refractivity contribution in [3.8, 4) is 0 Å². The number of nitrogens with one attached hydrogen (secondary N) is 1. The largest absolute Gasteiger partial charge is 0.393 e. The molecular weight excluding hydrogens is 258 g/mol. The van der Waals surface area contributed by atoms with Crippen molar-refractivity contribution in [2.24, 2.45) is 0 Å². The average Bonchev–Trinajstić information content (AvgIpc) is 2.13. The average molecular weight is 273 g/mol. The van der Waals surface area contributed by atoms with Gasteiger partial charge in [0.1, 0.15) is 5.69 Å². The number of rotatable bonds is 3. The van der Waals surface area contributed by atoms with E-state index < -0.39 is 26.2 Å². The van der Waals surface area contributed by atoms with Gasteiger partial charge in [-0.05, 0) is 32.9 Å². The molecule has 0 aromatic heterocycles. The van der Waals surface area contributed by atoms with Crippen LogP contribution in [-0.4, -0.2) is 18.9 Å². The van der Waals surface area contributed by atoms with Gasteiger partial charge in [-0.25, -0.2) is 13.1 Å². The van der Waals surface area contributed by atoms with Crippen molar-refractivity contribution in [2.75, 3.05) is 5.73 Å². The second-order valence-electron chi connectivity index (χ2n) is 4.83. The van der Waals surface area contributed by atoms with Crippen LogP contribution >= 0.6 is 0 Å². The maximum atomic E-state index is 12.0. The molecule has 0 aliphatic heterocycles. The zero-order chi connectivity index (χ0) is 14.1. The molecule has 0 heterocycles. The number of benzene rings is 1. The third kappa shape index (κ3) is 3.41. The number of sulfonamides is 1. The highest BCUT2D eigenvalue weighted by molar-refractivity contribution is 7.89. The molecule has 0 saturated heterocycles. The molecule has 7 nitrogen and oxygen atoms in total. The number of nitro benzene ring substituents is 1. The second-order valence-corrected chi connectivity index (χ2v) is 6.52. The molecule has 1 rings (SSSR count). The van der Waals surface area contributed by atoms with E-state index in [1.807, 2.05) is 0 Å². The topological polar surface area (TPSA) is 115 Å². The van der Waals surface area contributed by atoms with Crippen LogP contribution in [0, 0.1) is 10.1 Å². The molecule has 0 radical (unpaired) electrons. The molecule has 0 bridgehead atoms. The van der Waals surface area contributed by atoms with Crippen LogP contribution in [0.1, 0.15) is 20.8 Å². The van der Waals surface area contributed by atoms with Crippen molar-refractivity contribution in [3.63, 3.8) is 0 Å². The Morgan fingerprint density at radius 1 is 1.33 bits per heavy atom. The Labute approximate surface area is 105 Å². The first-order valence-electron chi connectivity index (χ1n) is 5.11. The summed E-state index contributed by atoms with van der Waals surface area (Å²) in [4.78, 5) is 9.80. The first kappa shape index (κ1) is 14.4. The van der Waals surface area contributed by atoms with E-state index in [9.17, 15) is 18.5 Å². The predicted molar refractivity (Wildman–Crippen MR) is 67.6 cm³/mol. The van der Waals surface area contributed by atoms with E-state index in [0.717, 1.165) is 6.07 Å². The first-order chi connectivity index (χ1) is 8.03. The fraction of sp³-hybridized carbons (Fsp3) is 0.400. The number of nitro groups is 1. The van der Waals surface area contributed by atoms with Crippen molar-refractivity contribution in [2.45, 2.75) is 31.2 Å². The van der Waals surface area contributed by atoms with Crippen molar-refractivity contribution < 1.29 is 13.3 Å². The molecule has 0 aliphatic rings. The van der Waals surface area contributed by atoms with Crippen molar-refractivity contribution >= 4 is 21.4 Å². The van der Waals surface area contributed by atoms with Crippen LogP contribution in [0.2, 0.25) is 0 Å². The predicted octanol–water partition coefficient (Wildman–Crippen LogP) is 1.25. The molecule has 1 aromatic carbocycles. The fourth-order valence-electron chi connectivity index (χ4n) is 1.31. The second kappa shape index (κ2) is 4.54. The van der Waals surface area contributed by atoms with E-state index in [-0.39, 0.29) is 10.6 Å². The van der Waals surface area contributed by atoms with Gasteiger partial charge in [-0.1, -0.05) is 0 Å². The highest BCUT2D eigenvalue weighted by Crippen LogP contribution is 2.25. The molecule has 0 spiro atoms. The summed E-state index contributed by atoms with van der Waals surface area (Å²) in [7, 11) is -3.80. The molecule has 0 amide bonds. The molecular formula is C10H15N3O4S. The minimum absolute atomic E-state index is 0.0743. The molecule has 0 aliphatic carbocycles. The van der Waals surface area contributed by atoms with Crippen LogP contribution in [0.25, 0.3) is 0 Å². The Morgan fingerprint density at radius 2 is 1.89 bits per heavy atom. The number of hydrogen-bond donors (Lipinski definition) is 2. The molecule has 8 heteroatoms. The van der Waals surface area contributed by atoms with E-state index in [4.69, 9.17) is 5.73 Å². The molecule has 0 unspecified atom stereocenters. The van der Waals surface area contributed by atoms with Crippen LogP contribution in [0.15, 0.2) is 23.1 Å². The minimum Gasteiger partial charge on any atom is -0.393 e. The van der Waals surface area contributed by atoms with Crippen molar-refractivity contribution in [1.82, 2.24) is 4.72 Å². The maximum absolute atomic E-state index is 12.0. The summed E-state index contributed by atoms with van der Waals surface area (Å²) in [5, 5.41) is 10.7. The van der Waals surface area contributed by atoms with E-state index in [1.165, 1.54) is 12.1 Å². The minimum atomic E-state index is -3.80. The maximum Gasteiger partial charge on any atom is 0.293 e. The van der Waals surface area contributed by atoms with Gasteiger partial charge in [-0.3, -0.25) is 10.1 Å². The molecule has 1 aromatic rings. The van der Waals surface area contributed by atoms with Crippen molar-refractivity contribution in [1.29, 1.82) is 0 Å². The number of nitrogens with zero attached hydrogens (tertiary/aromatic N) is 1. The molecule has 0 fully saturated rings. The number of anilines is 1. The Balaban J connectivity index is 3.27. The number of hydrogen-bond acceptors (Lipinski definition) is 5. The fourth-order valence-corrected chi connectivity index (χ4v) is 2.75. The van der Waals surface area contributed by atoms with Gasteiger partial charge in [0.05, 0.1) is 9.82 Å². The van der Waals surface area contributed by atoms with E-state index in [2.05, 4.69) is 4.72 Å². The van der Waals surface area contributed by atoms with E-state index in [1.54, 1.807) is 20.8 Å². The highest BCUT2D eigenvalue weighted by atomic mass is 32.2. The Hall–Kier alpha value is -1.67. The summed E-state index contributed by atoms with van der Waals surface area (Å²) >= 11 is 0. The third-order valence-electron chi connectivity index (χ3n) is 1.95. The summed E-state index contributed by atoms with van der Waals surface area (Å²) < 4.78 is 26.3. The smallest absolute Gasteiger partial charge is 0.293 e. The summed E-state index contributed by atoms with van der Waals surface area (Å²) in [6.07, 6.45) is 0. The summed E-state index contributed by atoms with van der Waals surface area (Å²) in [5.74, 6) is 0. The third-order valence-corrected chi connectivity index (χ3v) is 3.71. The van der Waals surface area contributed by atoms with E-state index >= 15 is 0 Å². The van der Waals surface area contributed by atoms with Gasteiger partial charge in [0.15, 0.2) is 0 Å². The first-order valence-corrected chi connectivity index (χ1v) is 6.59. The lowest BCUT2D eigenvalue weighted by molar-refractivity contribution is -0.384. The SMILES string of the molecule is CC(C)(C)NS(=O)(=O)c1ccc(N)c([N+](=O)[O-])c1. The lowest BCUT2D eigenvalue weighted by Crippen LogP contribution is -2.40. The Morgan fingerprint density at radius 3 is 2.33 bits per heavy atom. The standard InChI is InChI=1S/C10H15N3O4S/c1-10(2,3)12-18(16,17)7-4-5-8(11)9(6-7)13(14)15/h4-6,12H,11H2,1-3H3. The van der Waals surface area contributed by atoms with Crippen LogP contribution in [0.4, 0.5) is 11.4 Å². The summed E-state index contributed by atoms with van der Waals surface area (Å²) in [6.45, 7) is 5.03. The summed E-state index contributed by atoms with van der Waals surface area (Å²) in [6, 6.07) is 3.38. The molecule has 18 heavy (non-hydrogen) atoms. The molecule has 0 saturated carbocycles. The lowest BCUT2D eigenvalue weighted by Gasteiger charge is -2.20. The van der Waals surface area contributed by atoms with Gasteiger partial charge in [0, 0.05) is 11.6 Å². The molecule has 3 N–H and O–H groups in total. The van der Waals surface area contributed by atoms with Gasteiger partial charge in [-0.2, -0.15) is 0 Å². The lowest BCUT2D eigenvalue weighted by atomic mass is 10.1. The Kier molecular flexibility index (Phi) is 3.63. The number of nitrogen functional groups attached to an aromatic ring is 1. The van der Waals surface area contributed by atoms with Crippen LogP contribution in [0.3, 0.4) is 0 Å². The Bertz CT molecular complexity index is 575.